The number of alkyl halides is 6. The Morgan fingerprint density at radius 2 is 1.87 bits per heavy atom. The van der Waals surface area contributed by atoms with E-state index >= 15 is 0 Å². The monoisotopic (exact) mass is 339 g/mol. The van der Waals surface area contributed by atoms with E-state index in [1.54, 1.807) is 0 Å². The summed E-state index contributed by atoms with van der Waals surface area (Å²) in [5, 5.41) is 8.68. The van der Waals surface area contributed by atoms with Crippen LogP contribution in [0.1, 0.15) is 18.1 Å². The van der Waals surface area contributed by atoms with Crippen LogP contribution in [0.25, 0.3) is 0 Å². The van der Waals surface area contributed by atoms with Gasteiger partial charge in [0, 0.05) is 5.69 Å². The van der Waals surface area contributed by atoms with Crippen LogP contribution < -0.4 is 10.6 Å². The van der Waals surface area contributed by atoms with Gasteiger partial charge < -0.3 is 10.6 Å². The van der Waals surface area contributed by atoms with Crippen molar-refractivity contribution in [1.29, 1.82) is 5.26 Å². The van der Waals surface area contributed by atoms with E-state index in [1.165, 1.54) is 6.07 Å². The molecular weight excluding hydrogens is 328 g/mol. The lowest BCUT2D eigenvalue weighted by Gasteiger charge is -2.30. The van der Waals surface area contributed by atoms with E-state index in [0.717, 1.165) is 19.1 Å². The molecule has 1 rings (SSSR count). The number of nitriles is 1. The van der Waals surface area contributed by atoms with E-state index in [0.29, 0.717) is 11.0 Å². The van der Waals surface area contributed by atoms with Crippen LogP contribution in [0.5, 0.6) is 0 Å². The van der Waals surface area contributed by atoms with Gasteiger partial charge >= 0.3 is 12.4 Å². The van der Waals surface area contributed by atoms with E-state index in [-0.39, 0.29) is 0 Å². The molecule has 0 unspecified atom stereocenters. The molecule has 0 radical (unpaired) electrons. The second-order valence-corrected chi connectivity index (χ2v) is 4.66. The Hall–Kier alpha value is -2.44. The first-order valence-corrected chi connectivity index (χ1v) is 6.11. The Bertz CT molecular complexity index is 632. The summed E-state index contributed by atoms with van der Waals surface area (Å²) in [7, 11) is 0. The summed E-state index contributed by atoms with van der Waals surface area (Å²) in [5.74, 6) is -1.13. The molecule has 0 aliphatic rings. The molecule has 1 aromatic carbocycles. The van der Waals surface area contributed by atoms with Crippen molar-refractivity contribution in [2.24, 2.45) is 5.73 Å². The maximum absolute atomic E-state index is 12.9. The van der Waals surface area contributed by atoms with Gasteiger partial charge in [-0.1, -0.05) is 0 Å². The van der Waals surface area contributed by atoms with Crippen LogP contribution in [0.15, 0.2) is 18.2 Å². The average molecular weight is 339 g/mol. The summed E-state index contributed by atoms with van der Waals surface area (Å²) in [5.41, 5.74) is 2.31. The first-order chi connectivity index (χ1) is 10.4. The van der Waals surface area contributed by atoms with Crippen LogP contribution in [-0.2, 0) is 11.0 Å². The van der Waals surface area contributed by atoms with Crippen molar-refractivity contribution in [2.75, 3.05) is 11.4 Å². The number of nitrogens with two attached hydrogens (primary N) is 1. The van der Waals surface area contributed by atoms with Crippen molar-refractivity contribution >= 4 is 11.6 Å². The minimum absolute atomic E-state index is 0.393. The highest BCUT2D eigenvalue weighted by Crippen LogP contribution is 2.35. The minimum Gasteiger partial charge on any atom is -0.368 e. The van der Waals surface area contributed by atoms with Crippen LogP contribution in [0.3, 0.4) is 0 Å². The molecule has 2 N–H and O–H groups in total. The third-order valence-electron chi connectivity index (χ3n) is 2.99. The van der Waals surface area contributed by atoms with E-state index in [9.17, 15) is 31.1 Å². The van der Waals surface area contributed by atoms with E-state index in [1.807, 2.05) is 0 Å². The molecule has 0 aliphatic carbocycles. The van der Waals surface area contributed by atoms with Crippen LogP contribution in [0, 0.1) is 11.3 Å². The number of carbonyl (C=O) groups excluding carboxylic acids is 1. The molecule has 10 heteroatoms. The first-order valence-electron chi connectivity index (χ1n) is 6.11. The predicted molar refractivity (Wildman–Crippen MR) is 68.2 cm³/mol. The van der Waals surface area contributed by atoms with E-state index in [4.69, 9.17) is 11.0 Å². The van der Waals surface area contributed by atoms with Crippen molar-refractivity contribution in [2.45, 2.75) is 25.3 Å². The largest absolute Gasteiger partial charge is 0.417 e. The topological polar surface area (TPSA) is 70.1 Å². The van der Waals surface area contributed by atoms with Crippen molar-refractivity contribution in [3.8, 4) is 6.07 Å². The summed E-state index contributed by atoms with van der Waals surface area (Å²) < 4.78 is 76.6. The SMILES string of the molecule is C[C@@H](C(N)=O)N(CC(F)(F)F)c1ccc(C#N)c(C(F)(F)F)c1. The number of hydrogen-bond acceptors (Lipinski definition) is 3. The average Bonchev–Trinajstić information content (AvgIpc) is 2.41. The van der Waals surface area contributed by atoms with Gasteiger partial charge in [0.05, 0.1) is 17.2 Å². The fourth-order valence-corrected chi connectivity index (χ4v) is 1.84. The number of nitrogens with zero attached hydrogens (tertiary/aromatic N) is 2. The van der Waals surface area contributed by atoms with Gasteiger partial charge in [0.15, 0.2) is 0 Å². The lowest BCUT2D eigenvalue weighted by atomic mass is 10.1. The quantitative estimate of drug-likeness (QED) is 0.858. The van der Waals surface area contributed by atoms with Crippen molar-refractivity contribution < 1.29 is 31.1 Å². The summed E-state index contributed by atoms with van der Waals surface area (Å²) in [6.07, 6.45) is -9.70. The van der Waals surface area contributed by atoms with Crippen molar-refractivity contribution in [3.05, 3.63) is 29.3 Å². The number of halogens is 6. The number of rotatable bonds is 4. The first kappa shape index (κ1) is 18.6. The molecule has 4 nitrogen and oxygen atoms in total. The van der Waals surface area contributed by atoms with Gasteiger partial charge in [-0.15, -0.1) is 0 Å². The molecule has 0 aromatic heterocycles. The molecule has 0 saturated carbocycles. The highest BCUT2D eigenvalue weighted by atomic mass is 19.4. The second kappa shape index (κ2) is 6.36. The molecule has 0 aliphatic heterocycles. The smallest absolute Gasteiger partial charge is 0.368 e. The lowest BCUT2D eigenvalue weighted by molar-refractivity contribution is -0.137. The van der Waals surface area contributed by atoms with E-state index in [2.05, 4.69) is 0 Å². The second-order valence-electron chi connectivity index (χ2n) is 4.66. The molecule has 0 spiro atoms. The molecule has 0 bridgehead atoms. The number of carbonyl (C=O) groups is 1. The number of anilines is 1. The molecule has 126 valence electrons. The zero-order valence-corrected chi connectivity index (χ0v) is 11.7. The van der Waals surface area contributed by atoms with Gasteiger partial charge in [0.25, 0.3) is 0 Å². The number of hydrogen-bond donors (Lipinski definition) is 1. The normalized spacial score (nSPS) is 13.3. The summed E-state index contributed by atoms with van der Waals surface area (Å²) in [6, 6.07) is 1.86. The van der Waals surface area contributed by atoms with Crippen LogP contribution in [0.2, 0.25) is 0 Å². The highest BCUT2D eigenvalue weighted by molar-refractivity contribution is 5.83. The Morgan fingerprint density at radius 1 is 1.30 bits per heavy atom. The van der Waals surface area contributed by atoms with Gasteiger partial charge in [0.2, 0.25) is 5.91 Å². The van der Waals surface area contributed by atoms with Crippen molar-refractivity contribution in [3.63, 3.8) is 0 Å². The van der Waals surface area contributed by atoms with Crippen LogP contribution >= 0.6 is 0 Å². The zero-order chi connectivity index (χ0) is 18.0. The molecule has 1 amide bonds. The Balaban J connectivity index is 3.43. The molecular formula is C13H11F6N3O. The van der Waals surface area contributed by atoms with E-state index < -0.39 is 47.7 Å². The van der Waals surface area contributed by atoms with Gasteiger partial charge in [-0.05, 0) is 25.1 Å². The summed E-state index contributed by atoms with van der Waals surface area (Å²) in [4.78, 5) is 11.5. The van der Waals surface area contributed by atoms with Crippen LogP contribution in [-0.4, -0.2) is 24.7 Å². The molecule has 0 saturated heterocycles. The standard InChI is InChI=1S/C13H11F6N3O/c1-7(11(21)23)22(6-12(14,15)16)9-3-2-8(5-20)10(4-9)13(17,18)19/h2-4,7H,6H2,1H3,(H2,21,23)/t7-/m0/s1. The Labute approximate surface area is 127 Å². The molecule has 0 heterocycles. The van der Waals surface area contributed by atoms with Gasteiger partial charge in [0.1, 0.15) is 12.6 Å². The van der Waals surface area contributed by atoms with Crippen molar-refractivity contribution in [1.82, 2.24) is 0 Å². The number of amides is 1. The Morgan fingerprint density at radius 3 is 2.26 bits per heavy atom. The Kier molecular flexibility index (Phi) is 5.14. The summed E-state index contributed by atoms with van der Waals surface area (Å²) >= 11 is 0. The summed E-state index contributed by atoms with van der Waals surface area (Å²) in [6.45, 7) is -0.625. The number of primary amides is 1. The van der Waals surface area contributed by atoms with Gasteiger partial charge in [-0.25, -0.2) is 0 Å². The molecule has 23 heavy (non-hydrogen) atoms. The number of benzene rings is 1. The highest BCUT2D eigenvalue weighted by Gasteiger charge is 2.37. The van der Waals surface area contributed by atoms with Crippen LogP contribution in [0.4, 0.5) is 32.0 Å². The predicted octanol–water partition coefficient (Wildman–Crippen LogP) is 2.82. The third-order valence-corrected chi connectivity index (χ3v) is 2.99. The zero-order valence-electron chi connectivity index (χ0n) is 11.7. The maximum Gasteiger partial charge on any atom is 0.417 e. The van der Waals surface area contributed by atoms with Gasteiger partial charge in [-0.2, -0.15) is 31.6 Å². The fraction of sp³-hybridized carbons (Fsp3) is 0.385. The van der Waals surface area contributed by atoms with Gasteiger partial charge in [-0.3, -0.25) is 4.79 Å². The molecule has 1 aromatic rings. The lowest BCUT2D eigenvalue weighted by Crippen LogP contribution is -2.47. The maximum atomic E-state index is 12.9. The minimum atomic E-state index is -4.93. The molecule has 0 fully saturated rings. The third kappa shape index (κ3) is 4.77. The molecule has 1 atom stereocenters. The fourth-order valence-electron chi connectivity index (χ4n) is 1.84.